The van der Waals surface area contributed by atoms with Gasteiger partial charge >= 0.3 is 0 Å². The SMILES string of the molecule is CC(c1ccccc1)n1cnc(=C2C=CC(F)=CC2)c1=C1CC=Nc2[nH]ccc21. The molecule has 1 aliphatic heterocycles. The standard InChI is InChI=1S/C24H21FN4/c1-16(17-5-3-2-4-6-17)29-15-28-22(18-7-9-19(25)10-8-18)23(29)20-11-13-26-24-21(20)12-14-27-24/h2-7,9-10,12-16,27H,8,11H2,1H3. The number of allylic oxidation sites excluding steroid dienone is 4. The third kappa shape index (κ3) is 3.09. The van der Waals surface area contributed by atoms with Gasteiger partial charge in [0.25, 0.3) is 0 Å². The van der Waals surface area contributed by atoms with Crippen LogP contribution in [-0.2, 0) is 0 Å². The van der Waals surface area contributed by atoms with Crippen LogP contribution in [0.4, 0.5) is 10.2 Å². The summed E-state index contributed by atoms with van der Waals surface area (Å²) in [6.07, 6.45) is 12.0. The summed E-state index contributed by atoms with van der Waals surface area (Å²) in [5, 5.41) is 1.98. The summed E-state index contributed by atoms with van der Waals surface area (Å²) < 4.78 is 15.8. The summed E-state index contributed by atoms with van der Waals surface area (Å²) in [4.78, 5) is 12.5. The van der Waals surface area contributed by atoms with Gasteiger partial charge in [-0.05, 0) is 48.3 Å². The van der Waals surface area contributed by atoms with E-state index >= 15 is 0 Å². The molecule has 5 heteroatoms. The van der Waals surface area contributed by atoms with E-state index in [1.807, 2.05) is 30.9 Å². The molecule has 1 aromatic carbocycles. The van der Waals surface area contributed by atoms with Gasteiger partial charge in [0.2, 0.25) is 0 Å². The van der Waals surface area contributed by atoms with E-state index in [0.29, 0.717) is 6.42 Å². The molecule has 3 aromatic rings. The van der Waals surface area contributed by atoms with E-state index in [1.165, 1.54) is 17.2 Å². The van der Waals surface area contributed by atoms with Crippen LogP contribution in [-0.4, -0.2) is 20.7 Å². The van der Waals surface area contributed by atoms with Crippen molar-refractivity contribution >= 4 is 23.2 Å². The number of aliphatic imine (C=N–C) groups is 1. The Kier molecular flexibility index (Phi) is 4.35. The van der Waals surface area contributed by atoms with Crippen LogP contribution >= 0.6 is 0 Å². The summed E-state index contributed by atoms with van der Waals surface area (Å²) in [6.45, 7) is 2.18. The van der Waals surface area contributed by atoms with Gasteiger partial charge in [-0.1, -0.05) is 36.4 Å². The Bertz CT molecular complexity index is 1270. The Morgan fingerprint density at radius 1 is 1.10 bits per heavy atom. The van der Waals surface area contributed by atoms with E-state index in [2.05, 4.69) is 51.8 Å². The second-order valence-electron chi connectivity index (χ2n) is 7.32. The third-order valence-electron chi connectivity index (χ3n) is 5.61. The Morgan fingerprint density at radius 2 is 1.97 bits per heavy atom. The molecule has 4 nitrogen and oxygen atoms in total. The largest absolute Gasteiger partial charge is 0.346 e. The van der Waals surface area contributed by atoms with Crippen LogP contribution in [0.2, 0.25) is 0 Å². The van der Waals surface area contributed by atoms with Crippen LogP contribution < -0.4 is 10.7 Å². The molecule has 144 valence electrons. The molecule has 1 N–H and O–H groups in total. The minimum absolute atomic E-state index is 0.113. The van der Waals surface area contributed by atoms with Crippen LogP contribution in [0.5, 0.6) is 0 Å². The van der Waals surface area contributed by atoms with Crippen molar-refractivity contribution in [1.29, 1.82) is 0 Å². The van der Waals surface area contributed by atoms with E-state index < -0.39 is 0 Å². The number of H-pyrrole nitrogens is 1. The van der Waals surface area contributed by atoms with Gasteiger partial charge in [0, 0.05) is 24.4 Å². The lowest BCUT2D eigenvalue weighted by atomic mass is 10.00. The minimum atomic E-state index is -0.197. The fourth-order valence-electron chi connectivity index (χ4n) is 4.05. The van der Waals surface area contributed by atoms with Gasteiger partial charge in [-0.3, -0.25) is 0 Å². The lowest BCUT2D eigenvalue weighted by Gasteiger charge is -2.17. The Labute approximate surface area is 168 Å². The van der Waals surface area contributed by atoms with Crippen LogP contribution in [0.3, 0.4) is 0 Å². The topological polar surface area (TPSA) is 46.0 Å². The maximum absolute atomic E-state index is 13.5. The fourth-order valence-corrected chi connectivity index (χ4v) is 4.05. The molecule has 0 saturated carbocycles. The number of imidazole rings is 1. The lowest BCUT2D eigenvalue weighted by Crippen LogP contribution is -2.36. The summed E-state index contributed by atoms with van der Waals surface area (Å²) in [5.41, 5.74) is 4.51. The van der Waals surface area contributed by atoms with Crippen molar-refractivity contribution in [3.05, 3.63) is 94.8 Å². The molecule has 29 heavy (non-hydrogen) atoms. The summed E-state index contributed by atoms with van der Waals surface area (Å²) in [6, 6.07) is 12.6. The van der Waals surface area contributed by atoms with Gasteiger partial charge in [-0.25, -0.2) is 14.4 Å². The van der Waals surface area contributed by atoms with Gasteiger partial charge in [-0.15, -0.1) is 0 Å². The molecule has 0 bridgehead atoms. The molecule has 1 unspecified atom stereocenters. The molecular weight excluding hydrogens is 363 g/mol. The van der Waals surface area contributed by atoms with E-state index in [-0.39, 0.29) is 11.9 Å². The number of rotatable bonds is 2. The fraction of sp³-hybridized carbons (Fsp3) is 0.167. The first-order chi connectivity index (χ1) is 14.2. The van der Waals surface area contributed by atoms with Crippen molar-refractivity contribution in [3.8, 4) is 0 Å². The molecule has 3 heterocycles. The predicted molar refractivity (Wildman–Crippen MR) is 114 cm³/mol. The van der Waals surface area contributed by atoms with Crippen LogP contribution in [0.15, 0.2) is 78.0 Å². The minimum Gasteiger partial charge on any atom is -0.346 e. The molecular formula is C24H21FN4. The van der Waals surface area contributed by atoms with E-state index in [1.54, 1.807) is 6.08 Å². The normalized spacial score (nSPS) is 20.4. The number of nitrogens with one attached hydrogen (secondary N) is 1. The van der Waals surface area contributed by atoms with Gasteiger partial charge in [0.05, 0.1) is 23.1 Å². The predicted octanol–water partition coefficient (Wildman–Crippen LogP) is 4.09. The average molecular weight is 384 g/mol. The van der Waals surface area contributed by atoms with Crippen molar-refractivity contribution in [2.75, 3.05) is 0 Å². The second kappa shape index (κ2) is 7.17. The van der Waals surface area contributed by atoms with Crippen molar-refractivity contribution < 1.29 is 4.39 Å². The highest BCUT2D eigenvalue weighted by atomic mass is 19.1. The second-order valence-corrected chi connectivity index (χ2v) is 7.32. The number of aromatic nitrogens is 3. The van der Waals surface area contributed by atoms with Crippen molar-refractivity contribution in [2.24, 2.45) is 4.99 Å². The first kappa shape index (κ1) is 17.6. The molecule has 0 fully saturated rings. The highest BCUT2D eigenvalue weighted by Crippen LogP contribution is 2.29. The number of hydrogen-bond donors (Lipinski definition) is 1. The number of nitrogens with zero attached hydrogens (tertiary/aromatic N) is 3. The van der Waals surface area contributed by atoms with E-state index in [0.717, 1.165) is 34.1 Å². The Balaban J connectivity index is 1.82. The smallest absolute Gasteiger partial charge is 0.137 e. The first-order valence-electron chi connectivity index (χ1n) is 9.80. The number of halogens is 1. The molecule has 2 aromatic heterocycles. The van der Waals surface area contributed by atoms with Crippen molar-refractivity contribution in [2.45, 2.75) is 25.8 Å². The molecule has 2 aliphatic rings. The molecule has 0 radical (unpaired) electrons. The average Bonchev–Trinajstić information content (AvgIpc) is 3.41. The number of benzene rings is 1. The van der Waals surface area contributed by atoms with Crippen molar-refractivity contribution in [3.63, 3.8) is 0 Å². The van der Waals surface area contributed by atoms with Crippen LogP contribution in [0.25, 0.3) is 11.1 Å². The highest BCUT2D eigenvalue weighted by Gasteiger charge is 2.19. The quantitative estimate of drug-likeness (QED) is 0.711. The van der Waals surface area contributed by atoms with Crippen LogP contribution in [0, 0.1) is 0 Å². The lowest BCUT2D eigenvalue weighted by molar-refractivity contribution is 0.620. The number of fused-ring (bicyclic) bond motifs is 1. The molecule has 0 amide bonds. The zero-order valence-electron chi connectivity index (χ0n) is 16.1. The molecule has 0 spiro atoms. The van der Waals surface area contributed by atoms with Gasteiger partial charge in [0.15, 0.2) is 0 Å². The zero-order chi connectivity index (χ0) is 19.8. The Morgan fingerprint density at radius 3 is 2.76 bits per heavy atom. The third-order valence-corrected chi connectivity index (χ3v) is 5.61. The zero-order valence-corrected chi connectivity index (χ0v) is 16.1. The molecule has 5 rings (SSSR count). The number of hydrogen-bond acceptors (Lipinski definition) is 2. The van der Waals surface area contributed by atoms with Crippen LogP contribution in [0.1, 0.15) is 36.9 Å². The van der Waals surface area contributed by atoms with Gasteiger partial charge in [-0.2, -0.15) is 0 Å². The summed E-state index contributed by atoms with van der Waals surface area (Å²) in [7, 11) is 0. The number of aromatic amines is 1. The molecule has 1 aliphatic carbocycles. The first-order valence-corrected chi connectivity index (χ1v) is 9.80. The van der Waals surface area contributed by atoms with E-state index in [9.17, 15) is 4.39 Å². The van der Waals surface area contributed by atoms with Gasteiger partial charge in [0.1, 0.15) is 11.6 Å². The van der Waals surface area contributed by atoms with Crippen molar-refractivity contribution in [1.82, 2.24) is 14.5 Å². The molecule has 0 saturated heterocycles. The summed E-state index contributed by atoms with van der Waals surface area (Å²) >= 11 is 0. The monoisotopic (exact) mass is 384 g/mol. The van der Waals surface area contributed by atoms with Gasteiger partial charge < -0.3 is 9.55 Å². The highest BCUT2D eigenvalue weighted by molar-refractivity contribution is 5.88. The maximum Gasteiger partial charge on any atom is 0.137 e. The maximum atomic E-state index is 13.5. The molecule has 1 atom stereocenters. The summed E-state index contributed by atoms with van der Waals surface area (Å²) in [5.74, 6) is 0.671. The van der Waals surface area contributed by atoms with E-state index in [4.69, 9.17) is 4.98 Å². The Hall–Kier alpha value is -3.47.